The second-order valence-corrected chi connectivity index (χ2v) is 5.53. The fourth-order valence-electron chi connectivity index (χ4n) is 1.60. The van der Waals surface area contributed by atoms with Crippen LogP contribution in [0.3, 0.4) is 0 Å². The van der Waals surface area contributed by atoms with Gasteiger partial charge in [0.15, 0.2) is 0 Å². The molecule has 0 aliphatic rings. The monoisotopic (exact) mass is 257 g/mol. The van der Waals surface area contributed by atoms with Crippen LogP contribution in [0, 0.1) is 0 Å². The van der Waals surface area contributed by atoms with Gasteiger partial charge in [0.25, 0.3) is 5.91 Å². The molecule has 0 bridgehead atoms. The molecule has 0 atom stereocenters. The molecule has 0 unspecified atom stereocenters. The summed E-state index contributed by atoms with van der Waals surface area (Å²) in [4.78, 5) is 14.2. The maximum absolute atomic E-state index is 12.1. The lowest BCUT2D eigenvalue weighted by atomic mass is 10.1. The number of nitrogens with zero attached hydrogens (tertiary/aromatic N) is 3. The summed E-state index contributed by atoms with van der Waals surface area (Å²) >= 11 is 1.12. The molecule has 96 valence electrons. The molecule has 17 heavy (non-hydrogen) atoms. The number of aliphatic hydroxyl groups is 1. The van der Waals surface area contributed by atoms with E-state index in [1.54, 1.807) is 20.9 Å². The van der Waals surface area contributed by atoms with E-state index in [1.807, 2.05) is 6.92 Å². The molecule has 0 fully saturated rings. The summed E-state index contributed by atoms with van der Waals surface area (Å²) in [7, 11) is 1.68. The number of carbonyl (C=O) groups is 1. The highest BCUT2D eigenvalue weighted by atomic mass is 32.1. The molecule has 1 amide bonds. The molecule has 1 rings (SSSR count). The van der Waals surface area contributed by atoms with Crippen molar-refractivity contribution >= 4 is 17.4 Å². The molecule has 0 radical (unpaired) electrons. The summed E-state index contributed by atoms with van der Waals surface area (Å²) in [6.45, 7) is 5.67. The zero-order chi connectivity index (χ0) is 13.1. The SMILES string of the molecule is CCCc1nnsc1C(=O)N(C)CC(C)(C)O. The van der Waals surface area contributed by atoms with Gasteiger partial charge in [-0.05, 0) is 31.8 Å². The second-order valence-electron chi connectivity index (χ2n) is 4.77. The molecule has 0 saturated heterocycles. The van der Waals surface area contributed by atoms with E-state index in [-0.39, 0.29) is 12.5 Å². The molecule has 0 aliphatic carbocycles. The predicted octanol–water partition coefficient (Wildman–Crippen LogP) is 1.33. The summed E-state index contributed by atoms with van der Waals surface area (Å²) in [6.07, 6.45) is 1.69. The molecule has 0 spiro atoms. The van der Waals surface area contributed by atoms with Gasteiger partial charge < -0.3 is 10.0 Å². The minimum absolute atomic E-state index is 0.120. The topological polar surface area (TPSA) is 66.3 Å². The van der Waals surface area contributed by atoms with Gasteiger partial charge in [-0.2, -0.15) is 0 Å². The molecule has 5 nitrogen and oxygen atoms in total. The molecular weight excluding hydrogens is 238 g/mol. The number of rotatable bonds is 5. The normalized spacial score (nSPS) is 11.6. The van der Waals surface area contributed by atoms with E-state index in [4.69, 9.17) is 0 Å². The number of likely N-dealkylation sites (N-methyl/N-ethyl adjacent to an activating group) is 1. The van der Waals surface area contributed by atoms with Crippen molar-refractivity contribution in [1.82, 2.24) is 14.5 Å². The Balaban J connectivity index is 2.78. The summed E-state index contributed by atoms with van der Waals surface area (Å²) in [5, 5.41) is 13.6. The highest BCUT2D eigenvalue weighted by Gasteiger charge is 2.24. The van der Waals surface area contributed by atoms with E-state index in [0.29, 0.717) is 4.88 Å². The van der Waals surface area contributed by atoms with Crippen molar-refractivity contribution in [1.29, 1.82) is 0 Å². The number of hydrogen-bond acceptors (Lipinski definition) is 5. The van der Waals surface area contributed by atoms with Crippen LogP contribution in [-0.2, 0) is 6.42 Å². The Morgan fingerprint density at radius 1 is 1.53 bits per heavy atom. The maximum Gasteiger partial charge on any atom is 0.267 e. The molecule has 1 N–H and O–H groups in total. The molecule has 1 aromatic rings. The second kappa shape index (κ2) is 5.55. The smallest absolute Gasteiger partial charge is 0.267 e. The van der Waals surface area contributed by atoms with Gasteiger partial charge in [-0.15, -0.1) is 5.10 Å². The van der Waals surface area contributed by atoms with Crippen molar-refractivity contribution in [3.8, 4) is 0 Å². The zero-order valence-corrected chi connectivity index (χ0v) is 11.5. The average Bonchev–Trinajstić information content (AvgIpc) is 2.62. The Bertz CT molecular complexity index is 384. The largest absolute Gasteiger partial charge is 0.389 e. The van der Waals surface area contributed by atoms with Crippen molar-refractivity contribution in [2.24, 2.45) is 0 Å². The molecule has 1 aromatic heterocycles. The van der Waals surface area contributed by atoms with Crippen LogP contribution in [0.1, 0.15) is 42.6 Å². The minimum Gasteiger partial charge on any atom is -0.389 e. The van der Waals surface area contributed by atoms with Crippen molar-refractivity contribution < 1.29 is 9.90 Å². The Morgan fingerprint density at radius 3 is 2.71 bits per heavy atom. The maximum atomic E-state index is 12.1. The van der Waals surface area contributed by atoms with E-state index in [1.165, 1.54) is 4.90 Å². The molecule has 6 heteroatoms. The van der Waals surface area contributed by atoms with Crippen LogP contribution in [0.4, 0.5) is 0 Å². The van der Waals surface area contributed by atoms with E-state index in [2.05, 4.69) is 9.59 Å². The summed E-state index contributed by atoms with van der Waals surface area (Å²) in [5.41, 5.74) is -0.141. The molecule has 1 heterocycles. The van der Waals surface area contributed by atoms with Gasteiger partial charge >= 0.3 is 0 Å². The Kier molecular flexibility index (Phi) is 4.59. The Labute approximate surface area is 106 Å². The van der Waals surface area contributed by atoms with Crippen molar-refractivity contribution in [3.63, 3.8) is 0 Å². The first kappa shape index (κ1) is 14.1. The fraction of sp³-hybridized carbons (Fsp3) is 0.727. The third-order valence-corrected chi connectivity index (χ3v) is 2.96. The van der Waals surface area contributed by atoms with Gasteiger partial charge in [0.05, 0.1) is 11.3 Å². The van der Waals surface area contributed by atoms with Crippen LogP contribution < -0.4 is 0 Å². The van der Waals surface area contributed by atoms with Crippen LogP contribution in [0.5, 0.6) is 0 Å². The third kappa shape index (κ3) is 4.05. The first-order valence-electron chi connectivity index (χ1n) is 5.64. The Hall–Kier alpha value is -1.01. The molecular formula is C11H19N3O2S. The highest BCUT2D eigenvalue weighted by Crippen LogP contribution is 2.16. The zero-order valence-electron chi connectivity index (χ0n) is 10.7. The van der Waals surface area contributed by atoms with Crippen LogP contribution in [0.2, 0.25) is 0 Å². The minimum atomic E-state index is -0.895. The number of amides is 1. The van der Waals surface area contributed by atoms with Gasteiger partial charge in [-0.1, -0.05) is 17.8 Å². The van der Waals surface area contributed by atoms with Crippen LogP contribution in [0.15, 0.2) is 0 Å². The van der Waals surface area contributed by atoms with Crippen molar-refractivity contribution in [3.05, 3.63) is 10.6 Å². The Morgan fingerprint density at radius 2 is 2.18 bits per heavy atom. The number of aromatic nitrogens is 2. The van der Waals surface area contributed by atoms with Crippen LogP contribution in [0.25, 0.3) is 0 Å². The van der Waals surface area contributed by atoms with Gasteiger partial charge in [0.2, 0.25) is 0 Å². The van der Waals surface area contributed by atoms with Gasteiger partial charge in [0, 0.05) is 13.6 Å². The van der Waals surface area contributed by atoms with Crippen LogP contribution >= 0.6 is 11.5 Å². The van der Waals surface area contributed by atoms with Gasteiger partial charge in [0.1, 0.15) is 4.88 Å². The predicted molar refractivity (Wildman–Crippen MR) is 67.2 cm³/mol. The lowest BCUT2D eigenvalue weighted by Gasteiger charge is -2.25. The molecule has 0 aliphatic heterocycles. The van der Waals surface area contributed by atoms with E-state index in [0.717, 1.165) is 30.1 Å². The highest BCUT2D eigenvalue weighted by molar-refractivity contribution is 7.07. The van der Waals surface area contributed by atoms with E-state index >= 15 is 0 Å². The lowest BCUT2D eigenvalue weighted by molar-refractivity contribution is 0.0369. The summed E-state index contributed by atoms with van der Waals surface area (Å²) < 4.78 is 3.82. The van der Waals surface area contributed by atoms with Gasteiger partial charge in [-0.25, -0.2) is 0 Å². The van der Waals surface area contributed by atoms with E-state index in [9.17, 15) is 9.90 Å². The number of carbonyl (C=O) groups excluding carboxylic acids is 1. The first-order valence-corrected chi connectivity index (χ1v) is 6.41. The summed E-state index contributed by atoms with van der Waals surface area (Å²) in [5.74, 6) is -0.120. The summed E-state index contributed by atoms with van der Waals surface area (Å²) in [6, 6.07) is 0. The lowest BCUT2D eigenvalue weighted by Crippen LogP contribution is -2.39. The number of aryl methyl sites for hydroxylation is 1. The fourth-order valence-corrected chi connectivity index (χ4v) is 2.30. The standard InChI is InChI=1S/C11H19N3O2S/c1-5-6-8-9(17-13-12-8)10(15)14(4)7-11(2,3)16/h16H,5-7H2,1-4H3. The van der Waals surface area contributed by atoms with Crippen molar-refractivity contribution in [2.75, 3.05) is 13.6 Å². The third-order valence-electron chi connectivity index (χ3n) is 2.21. The molecule has 0 saturated carbocycles. The van der Waals surface area contributed by atoms with Crippen molar-refractivity contribution in [2.45, 2.75) is 39.2 Å². The molecule has 0 aromatic carbocycles. The first-order chi connectivity index (χ1) is 7.85. The van der Waals surface area contributed by atoms with Gasteiger partial charge in [-0.3, -0.25) is 4.79 Å². The number of hydrogen-bond donors (Lipinski definition) is 1. The quantitative estimate of drug-likeness (QED) is 0.864. The van der Waals surface area contributed by atoms with E-state index < -0.39 is 5.60 Å². The van der Waals surface area contributed by atoms with Crippen LogP contribution in [-0.4, -0.2) is 44.7 Å². The average molecular weight is 257 g/mol.